The Balaban J connectivity index is 2.83. The molecule has 0 unspecified atom stereocenters. The smallest absolute Gasteiger partial charge is 0.124 e. The van der Waals surface area contributed by atoms with Gasteiger partial charge in [-0.3, -0.25) is 0 Å². The minimum atomic E-state index is 0.258. The lowest BCUT2D eigenvalue weighted by Crippen LogP contribution is -2.14. The standard InChI is InChI=1S/C12H16Cl2O/c1-3-11(4-2)15-12-6-5-10(14)7-9(12)8-13/h5-7,11H,3-4,8H2,1-2H3. The molecule has 0 atom stereocenters. The van der Waals surface area contributed by atoms with E-state index in [1.54, 1.807) is 0 Å². The summed E-state index contributed by atoms with van der Waals surface area (Å²) in [5, 5.41) is 0.697. The van der Waals surface area contributed by atoms with Crippen LogP contribution in [-0.4, -0.2) is 6.10 Å². The molecule has 15 heavy (non-hydrogen) atoms. The number of ether oxygens (including phenoxy) is 1. The van der Waals surface area contributed by atoms with Crippen molar-refractivity contribution in [3.8, 4) is 5.75 Å². The topological polar surface area (TPSA) is 9.23 Å². The second kappa shape index (κ2) is 6.24. The molecule has 0 heterocycles. The lowest BCUT2D eigenvalue weighted by atomic mass is 10.2. The van der Waals surface area contributed by atoms with Crippen molar-refractivity contribution in [2.75, 3.05) is 0 Å². The normalized spacial score (nSPS) is 10.7. The van der Waals surface area contributed by atoms with Crippen LogP contribution in [0.25, 0.3) is 0 Å². The zero-order valence-electron chi connectivity index (χ0n) is 9.09. The van der Waals surface area contributed by atoms with Crippen molar-refractivity contribution >= 4 is 23.2 Å². The molecule has 1 aromatic rings. The van der Waals surface area contributed by atoms with E-state index in [-0.39, 0.29) is 6.10 Å². The highest BCUT2D eigenvalue weighted by molar-refractivity contribution is 6.30. The number of rotatable bonds is 5. The summed E-state index contributed by atoms with van der Waals surface area (Å²) < 4.78 is 5.85. The summed E-state index contributed by atoms with van der Waals surface area (Å²) in [5.41, 5.74) is 0.955. The first-order valence-corrected chi connectivity index (χ1v) is 6.13. The van der Waals surface area contributed by atoms with Crippen molar-refractivity contribution < 1.29 is 4.74 Å². The first-order valence-electron chi connectivity index (χ1n) is 5.22. The van der Waals surface area contributed by atoms with Crippen molar-refractivity contribution in [1.29, 1.82) is 0 Å². The summed E-state index contributed by atoms with van der Waals surface area (Å²) >= 11 is 11.7. The summed E-state index contributed by atoms with van der Waals surface area (Å²) in [6, 6.07) is 5.57. The van der Waals surface area contributed by atoms with Gasteiger partial charge in [0.2, 0.25) is 0 Å². The SMILES string of the molecule is CCC(CC)Oc1ccc(Cl)cc1CCl. The van der Waals surface area contributed by atoms with Crippen molar-refractivity contribution in [2.45, 2.75) is 38.7 Å². The van der Waals surface area contributed by atoms with E-state index in [4.69, 9.17) is 27.9 Å². The number of hydrogen-bond donors (Lipinski definition) is 0. The molecular formula is C12H16Cl2O. The highest BCUT2D eigenvalue weighted by atomic mass is 35.5. The summed E-state index contributed by atoms with van der Waals surface area (Å²) in [7, 11) is 0. The molecule has 0 radical (unpaired) electrons. The van der Waals surface area contributed by atoms with Crippen molar-refractivity contribution in [3.05, 3.63) is 28.8 Å². The van der Waals surface area contributed by atoms with Gasteiger partial charge in [-0.25, -0.2) is 0 Å². The predicted molar refractivity (Wildman–Crippen MR) is 66.0 cm³/mol. The summed E-state index contributed by atoms with van der Waals surface area (Å²) in [6.45, 7) is 4.23. The number of benzene rings is 1. The summed E-state index contributed by atoms with van der Waals surface area (Å²) in [5.74, 6) is 1.28. The molecule has 0 spiro atoms. The highest BCUT2D eigenvalue weighted by Gasteiger charge is 2.09. The van der Waals surface area contributed by atoms with E-state index in [9.17, 15) is 0 Å². The molecule has 0 saturated carbocycles. The van der Waals surface area contributed by atoms with Crippen LogP contribution in [0, 0.1) is 0 Å². The maximum Gasteiger partial charge on any atom is 0.124 e. The van der Waals surface area contributed by atoms with Crippen molar-refractivity contribution in [2.24, 2.45) is 0 Å². The second-order valence-corrected chi connectivity index (χ2v) is 4.15. The fourth-order valence-electron chi connectivity index (χ4n) is 1.40. The molecule has 1 nitrogen and oxygen atoms in total. The average molecular weight is 247 g/mol. The molecule has 84 valence electrons. The Morgan fingerprint density at radius 3 is 2.47 bits per heavy atom. The number of halogens is 2. The molecule has 0 aliphatic rings. The zero-order chi connectivity index (χ0) is 11.3. The summed E-state index contributed by atoms with van der Waals surface area (Å²) in [6.07, 6.45) is 2.26. The Bertz CT molecular complexity index is 308. The van der Waals surface area contributed by atoms with Gasteiger partial charge in [0.1, 0.15) is 5.75 Å². The van der Waals surface area contributed by atoms with Gasteiger partial charge in [-0.05, 0) is 31.0 Å². The molecule has 1 aromatic carbocycles. The predicted octanol–water partition coefficient (Wildman–Crippen LogP) is 4.65. The molecule has 3 heteroatoms. The van der Waals surface area contributed by atoms with E-state index in [0.717, 1.165) is 24.2 Å². The number of alkyl halides is 1. The van der Waals surface area contributed by atoms with E-state index in [1.807, 2.05) is 18.2 Å². The third-order valence-electron chi connectivity index (χ3n) is 2.37. The van der Waals surface area contributed by atoms with E-state index in [1.165, 1.54) is 0 Å². The van der Waals surface area contributed by atoms with Crippen LogP contribution in [0.5, 0.6) is 5.75 Å². The van der Waals surface area contributed by atoms with Gasteiger partial charge in [0.25, 0.3) is 0 Å². The third-order valence-corrected chi connectivity index (χ3v) is 2.89. The van der Waals surface area contributed by atoms with E-state index >= 15 is 0 Å². The molecular weight excluding hydrogens is 231 g/mol. The minimum Gasteiger partial charge on any atom is -0.490 e. The van der Waals surface area contributed by atoms with Gasteiger partial charge in [0, 0.05) is 10.6 Å². The maximum absolute atomic E-state index is 5.89. The van der Waals surface area contributed by atoms with Crippen LogP contribution in [0.3, 0.4) is 0 Å². The maximum atomic E-state index is 5.89. The Labute approximate surface area is 101 Å². The lowest BCUT2D eigenvalue weighted by Gasteiger charge is -2.17. The molecule has 0 aliphatic heterocycles. The first-order chi connectivity index (χ1) is 7.21. The van der Waals surface area contributed by atoms with Crippen LogP contribution in [0.4, 0.5) is 0 Å². The van der Waals surface area contributed by atoms with Gasteiger partial charge in [-0.2, -0.15) is 0 Å². The van der Waals surface area contributed by atoms with E-state index in [2.05, 4.69) is 13.8 Å². The summed E-state index contributed by atoms with van der Waals surface area (Å²) in [4.78, 5) is 0. The molecule has 0 aliphatic carbocycles. The van der Waals surface area contributed by atoms with E-state index in [0.29, 0.717) is 10.9 Å². The van der Waals surface area contributed by atoms with Gasteiger partial charge < -0.3 is 4.74 Å². The monoisotopic (exact) mass is 246 g/mol. The Kier molecular flexibility index (Phi) is 5.27. The Morgan fingerprint density at radius 1 is 1.27 bits per heavy atom. The largest absolute Gasteiger partial charge is 0.490 e. The molecule has 1 rings (SSSR count). The van der Waals surface area contributed by atoms with Crippen molar-refractivity contribution in [3.63, 3.8) is 0 Å². The van der Waals surface area contributed by atoms with Gasteiger partial charge >= 0.3 is 0 Å². The fraction of sp³-hybridized carbons (Fsp3) is 0.500. The van der Waals surface area contributed by atoms with Gasteiger partial charge in [0.15, 0.2) is 0 Å². The van der Waals surface area contributed by atoms with Crippen LogP contribution in [0.15, 0.2) is 18.2 Å². The fourth-order valence-corrected chi connectivity index (χ4v) is 1.81. The van der Waals surface area contributed by atoms with Gasteiger partial charge in [-0.1, -0.05) is 25.4 Å². The van der Waals surface area contributed by atoms with Gasteiger partial charge in [-0.15, -0.1) is 11.6 Å². The zero-order valence-corrected chi connectivity index (χ0v) is 10.6. The van der Waals surface area contributed by atoms with Crippen LogP contribution >= 0.6 is 23.2 Å². The average Bonchev–Trinajstić information content (AvgIpc) is 2.27. The van der Waals surface area contributed by atoms with Crippen LogP contribution in [0.1, 0.15) is 32.3 Å². The molecule has 0 saturated heterocycles. The van der Waals surface area contributed by atoms with Crippen LogP contribution in [0.2, 0.25) is 5.02 Å². The Morgan fingerprint density at radius 2 is 1.93 bits per heavy atom. The minimum absolute atomic E-state index is 0.258. The highest BCUT2D eigenvalue weighted by Crippen LogP contribution is 2.26. The molecule has 0 N–H and O–H groups in total. The lowest BCUT2D eigenvalue weighted by molar-refractivity contribution is 0.191. The molecule has 0 bridgehead atoms. The second-order valence-electron chi connectivity index (χ2n) is 3.44. The van der Waals surface area contributed by atoms with Crippen LogP contribution in [-0.2, 0) is 5.88 Å². The third kappa shape index (κ3) is 3.58. The Hall–Kier alpha value is -0.400. The molecule has 0 aromatic heterocycles. The molecule has 0 amide bonds. The van der Waals surface area contributed by atoms with Crippen LogP contribution < -0.4 is 4.74 Å². The van der Waals surface area contributed by atoms with Crippen molar-refractivity contribution in [1.82, 2.24) is 0 Å². The van der Waals surface area contributed by atoms with E-state index < -0.39 is 0 Å². The van der Waals surface area contributed by atoms with Gasteiger partial charge in [0.05, 0.1) is 12.0 Å². The molecule has 0 fully saturated rings. The number of hydrogen-bond acceptors (Lipinski definition) is 1. The first kappa shape index (κ1) is 12.7. The quantitative estimate of drug-likeness (QED) is 0.688.